The Morgan fingerprint density at radius 2 is 1.72 bits per heavy atom. The highest BCUT2D eigenvalue weighted by Crippen LogP contribution is 2.08. The summed E-state index contributed by atoms with van der Waals surface area (Å²) < 4.78 is 3.41. The van der Waals surface area contributed by atoms with Crippen molar-refractivity contribution in [1.82, 2.24) is 0 Å². The Morgan fingerprint density at radius 3 is 2.44 bits per heavy atom. The summed E-state index contributed by atoms with van der Waals surface area (Å²) in [4.78, 5) is 0. The average Bonchev–Trinajstić information content (AvgIpc) is 2.59. The minimum Gasteiger partial charge on any atom is -0.328 e. The van der Waals surface area contributed by atoms with Crippen LogP contribution in [0.5, 0.6) is 0 Å². The molecule has 2 aromatic rings. The number of thiol groups is 1. The number of hydrogen-bond acceptors (Lipinski definition) is 1. The third-order valence-corrected chi connectivity index (χ3v) is 4.82. The van der Waals surface area contributed by atoms with E-state index >= 15 is 0 Å². The zero-order valence-corrected chi connectivity index (χ0v) is 16.8. The Balaban J connectivity index is 1.93. The second kappa shape index (κ2) is 9.79. The van der Waals surface area contributed by atoms with Crippen molar-refractivity contribution in [2.24, 2.45) is 0 Å². The molecular formula is C22H32N2S+2. The number of aromatic nitrogens is 1. The number of benzene rings is 1. The van der Waals surface area contributed by atoms with Gasteiger partial charge in [-0.1, -0.05) is 29.8 Å². The Hall–Kier alpha value is -1.58. The molecule has 134 valence electrons. The van der Waals surface area contributed by atoms with Gasteiger partial charge in [-0.25, -0.2) is 0 Å². The van der Waals surface area contributed by atoms with E-state index in [0.717, 1.165) is 23.3 Å². The van der Waals surface area contributed by atoms with Gasteiger partial charge < -0.3 is 4.48 Å². The molecule has 0 N–H and O–H groups in total. The molecule has 0 aliphatic rings. The summed E-state index contributed by atoms with van der Waals surface area (Å²) in [6.45, 7) is 5.53. The summed E-state index contributed by atoms with van der Waals surface area (Å²) in [5.41, 5.74) is 3.80. The number of rotatable bonds is 9. The lowest BCUT2D eigenvalue weighted by Crippen LogP contribution is -2.42. The van der Waals surface area contributed by atoms with Gasteiger partial charge in [-0.2, -0.15) is 17.2 Å². The van der Waals surface area contributed by atoms with Crippen molar-refractivity contribution in [3.63, 3.8) is 0 Å². The molecule has 25 heavy (non-hydrogen) atoms. The van der Waals surface area contributed by atoms with Crippen LogP contribution in [0.1, 0.15) is 29.7 Å². The van der Waals surface area contributed by atoms with Crippen LogP contribution in [-0.2, 0) is 6.54 Å². The van der Waals surface area contributed by atoms with E-state index in [9.17, 15) is 0 Å². The van der Waals surface area contributed by atoms with Crippen molar-refractivity contribution in [3.05, 3.63) is 65.5 Å². The Bertz CT molecular complexity index is 675. The molecule has 1 aromatic carbocycles. The lowest BCUT2D eigenvalue weighted by atomic mass is 10.1. The van der Waals surface area contributed by atoms with E-state index in [1.165, 1.54) is 36.2 Å². The van der Waals surface area contributed by atoms with Crippen molar-refractivity contribution >= 4 is 24.8 Å². The Morgan fingerprint density at radius 1 is 0.960 bits per heavy atom. The van der Waals surface area contributed by atoms with Crippen LogP contribution in [0, 0.1) is 6.92 Å². The molecule has 0 spiro atoms. The van der Waals surface area contributed by atoms with E-state index in [4.69, 9.17) is 0 Å². The summed E-state index contributed by atoms with van der Waals surface area (Å²) in [7, 11) is 4.59. The normalized spacial score (nSPS) is 12.0. The summed E-state index contributed by atoms with van der Waals surface area (Å²) in [6, 6.07) is 15.1. The number of quaternary nitrogens is 1. The fraction of sp³-hybridized carbons (Fsp3) is 0.409. The SMILES string of the molecule is Cc1ccc(/C=C/c2cccc[n+]2CCCC[N+](C)(C)CCS)cc1. The van der Waals surface area contributed by atoms with Gasteiger partial charge in [0.05, 0.1) is 27.2 Å². The predicted octanol–water partition coefficient (Wildman–Crippen LogP) is 4.24. The van der Waals surface area contributed by atoms with E-state index in [1.807, 2.05) is 0 Å². The maximum absolute atomic E-state index is 4.36. The van der Waals surface area contributed by atoms with Crippen molar-refractivity contribution in [2.75, 3.05) is 32.9 Å². The third kappa shape index (κ3) is 7.05. The minimum atomic E-state index is 0.953. The van der Waals surface area contributed by atoms with Gasteiger partial charge in [0, 0.05) is 36.8 Å². The first-order chi connectivity index (χ1) is 12.0. The van der Waals surface area contributed by atoms with E-state index in [-0.39, 0.29) is 0 Å². The molecule has 2 rings (SSSR count). The molecule has 0 radical (unpaired) electrons. The van der Waals surface area contributed by atoms with Crippen molar-refractivity contribution < 1.29 is 9.05 Å². The van der Waals surface area contributed by atoms with Gasteiger partial charge in [-0.15, -0.1) is 0 Å². The van der Waals surface area contributed by atoms with Crippen LogP contribution >= 0.6 is 12.6 Å². The highest BCUT2D eigenvalue weighted by molar-refractivity contribution is 7.80. The molecule has 0 fully saturated rings. The fourth-order valence-electron chi connectivity index (χ4n) is 2.91. The number of pyridine rings is 1. The average molecular weight is 357 g/mol. The monoisotopic (exact) mass is 356 g/mol. The van der Waals surface area contributed by atoms with Crippen LogP contribution < -0.4 is 4.57 Å². The first-order valence-electron chi connectivity index (χ1n) is 9.16. The van der Waals surface area contributed by atoms with Gasteiger partial charge >= 0.3 is 0 Å². The van der Waals surface area contributed by atoms with E-state index in [0.29, 0.717) is 0 Å². The minimum absolute atomic E-state index is 0.953. The van der Waals surface area contributed by atoms with Gasteiger partial charge in [0.25, 0.3) is 0 Å². The Labute approximate surface area is 158 Å². The third-order valence-electron chi connectivity index (χ3n) is 4.62. The van der Waals surface area contributed by atoms with Gasteiger partial charge in [0.2, 0.25) is 5.69 Å². The van der Waals surface area contributed by atoms with Crippen molar-refractivity contribution in [2.45, 2.75) is 26.3 Å². The van der Waals surface area contributed by atoms with Crippen molar-refractivity contribution in [1.29, 1.82) is 0 Å². The van der Waals surface area contributed by atoms with Crippen LogP contribution in [0.3, 0.4) is 0 Å². The van der Waals surface area contributed by atoms with Crippen LogP contribution in [0.25, 0.3) is 12.2 Å². The number of unbranched alkanes of at least 4 members (excludes halogenated alkanes) is 1. The molecule has 0 saturated heterocycles. The summed E-state index contributed by atoms with van der Waals surface area (Å²) in [5, 5.41) is 0. The van der Waals surface area contributed by atoms with E-state index in [2.05, 4.69) is 99.0 Å². The fourth-order valence-corrected chi connectivity index (χ4v) is 3.45. The zero-order valence-electron chi connectivity index (χ0n) is 15.9. The van der Waals surface area contributed by atoms with Crippen LogP contribution in [0.4, 0.5) is 0 Å². The van der Waals surface area contributed by atoms with Crippen LogP contribution in [0.2, 0.25) is 0 Å². The van der Waals surface area contributed by atoms with Gasteiger partial charge in [0.1, 0.15) is 6.54 Å². The lowest BCUT2D eigenvalue weighted by Gasteiger charge is -2.28. The lowest BCUT2D eigenvalue weighted by molar-refractivity contribution is -0.888. The van der Waals surface area contributed by atoms with Crippen molar-refractivity contribution in [3.8, 4) is 0 Å². The molecule has 1 heterocycles. The Kier molecular flexibility index (Phi) is 7.73. The standard InChI is InChI=1S/C22H31N2S/c1-20-9-11-21(12-10-20)13-14-22-8-4-5-15-23(22)16-6-7-17-24(2,3)18-19-25/h4-5,8-15H,6-7,16-19H2,1-3H3/q+1/p+1/b14-13+. The predicted molar refractivity (Wildman–Crippen MR) is 112 cm³/mol. The summed E-state index contributed by atoms with van der Waals surface area (Å²) >= 11 is 4.36. The maximum atomic E-state index is 4.36. The molecule has 1 aromatic heterocycles. The van der Waals surface area contributed by atoms with E-state index in [1.54, 1.807) is 0 Å². The first kappa shape index (κ1) is 19.7. The molecule has 0 bridgehead atoms. The number of aryl methyl sites for hydroxylation is 2. The maximum Gasteiger partial charge on any atom is 0.205 e. The smallest absolute Gasteiger partial charge is 0.205 e. The molecule has 0 atom stereocenters. The largest absolute Gasteiger partial charge is 0.328 e. The molecule has 0 aliphatic carbocycles. The quantitative estimate of drug-likeness (QED) is 0.296. The molecule has 0 saturated carbocycles. The summed E-state index contributed by atoms with van der Waals surface area (Å²) in [6.07, 6.45) is 9.03. The van der Waals surface area contributed by atoms with Gasteiger partial charge in [-0.05, 0) is 24.6 Å². The molecule has 3 heteroatoms. The zero-order chi connectivity index (χ0) is 18.1. The first-order valence-corrected chi connectivity index (χ1v) is 9.79. The highest BCUT2D eigenvalue weighted by atomic mass is 32.1. The number of nitrogens with zero attached hydrogens (tertiary/aromatic N) is 2. The molecule has 0 unspecified atom stereocenters. The topological polar surface area (TPSA) is 3.88 Å². The molecular weight excluding hydrogens is 324 g/mol. The number of hydrogen-bond donors (Lipinski definition) is 1. The van der Waals surface area contributed by atoms with E-state index < -0.39 is 0 Å². The van der Waals surface area contributed by atoms with Crippen LogP contribution in [0.15, 0.2) is 48.7 Å². The summed E-state index contributed by atoms with van der Waals surface area (Å²) in [5.74, 6) is 0.953. The second-order valence-corrected chi connectivity index (χ2v) is 7.82. The van der Waals surface area contributed by atoms with Crippen LogP contribution in [-0.4, -0.2) is 37.4 Å². The molecule has 0 aliphatic heterocycles. The van der Waals surface area contributed by atoms with Gasteiger partial charge in [-0.3, -0.25) is 0 Å². The van der Waals surface area contributed by atoms with Gasteiger partial charge in [0.15, 0.2) is 6.20 Å². The molecule has 0 amide bonds. The molecule has 2 nitrogen and oxygen atoms in total. The highest BCUT2D eigenvalue weighted by Gasteiger charge is 2.14. The second-order valence-electron chi connectivity index (χ2n) is 7.38.